The van der Waals surface area contributed by atoms with Crippen molar-refractivity contribution in [2.24, 2.45) is 0 Å². The van der Waals surface area contributed by atoms with E-state index in [-0.39, 0.29) is 22.0 Å². The normalized spacial score (nSPS) is 11.3. The molecule has 2 aromatic rings. The van der Waals surface area contributed by atoms with Crippen LogP contribution in [0, 0.1) is 6.92 Å². The SMILES string of the molecule is Cc1cc(CS(=O)(=O)Nc2c(Cl)cccc2C(=O)O)no1. The summed E-state index contributed by atoms with van der Waals surface area (Å²) in [4.78, 5) is 11.1. The molecule has 2 rings (SSSR count). The first-order valence-corrected chi connectivity index (χ1v) is 7.76. The smallest absolute Gasteiger partial charge is 0.337 e. The molecule has 0 unspecified atom stereocenters. The van der Waals surface area contributed by atoms with Gasteiger partial charge in [0, 0.05) is 6.07 Å². The van der Waals surface area contributed by atoms with Crippen molar-refractivity contribution in [1.82, 2.24) is 5.16 Å². The van der Waals surface area contributed by atoms with Crippen LogP contribution < -0.4 is 4.72 Å². The predicted octanol–water partition coefficient (Wildman–Crippen LogP) is 2.28. The molecule has 0 fully saturated rings. The number of aromatic nitrogens is 1. The monoisotopic (exact) mass is 330 g/mol. The second-order valence-electron chi connectivity index (χ2n) is 4.26. The van der Waals surface area contributed by atoms with Gasteiger partial charge >= 0.3 is 5.97 Å². The summed E-state index contributed by atoms with van der Waals surface area (Å²) >= 11 is 5.86. The molecule has 0 radical (unpaired) electrons. The first kappa shape index (κ1) is 15.3. The van der Waals surface area contributed by atoms with Crippen molar-refractivity contribution < 1.29 is 22.8 Å². The van der Waals surface area contributed by atoms with Crippen LogP contribution >= 0.6 is 11.6 Å². The molecule has 0 spiro atoms. The maximum absolute atomic E-state index is 12.1. The number of nitrogens with zero attached hydrogens (tertiary/aromatic N) is 1. The van der Waals surface area contributed by atoms with Gasteiger partial charge in [-0.15, -0.1) is 0 Å². The van der Waals surface area contributed by atoms with Crippen molar-refractivity contribution in [3.05, 3.63) is 46.3 Å². The Bertz CT molecular complexity index is 785. The van der Waals surface area contributed by atoms with E-state index in [1.807, 2.05) is 0 Å². The number of aryl methyl sites for hydroxylation is 1. The van der Waals surface area contributed by atoms with Gasteiger partial charge in [-0.05, 0) is 19.1 Å². The van der Waals surface area contributed by atoms with Crippen LogP contribution in [0.3, 0.4) is 0 Å². The van der Waals surface area contributed by atoms with E-state index in [2.05, 4.69) is 9.88 Å². The summed E-state index contributed by atoms with van der Waals surface area (Å²) in [6, 6.07) is 5.55. The first-order chi connectivity index (χ1) is 9.78. The minimum absolute atomic E-state index is 0.00481. The van der Waals surface area contributed by atoms with E-state index in [1.165, 1.54) is 24.3 Å². The number of nitrogens with one attached hydrogen (secondary N) is 1. The molecule has 21 heavy (non-hydrogen) atoms. The molecule has 1 aromatic carbocycles. The van der Waals surface area contributed by atoms with Crippen LogP contribution in [-0.4, -0.2) is 24.7 Å². The van der Waals surface area contributed by atoms with Crippen molar-refractivity contribution in [3.8, 4) is 0 Å². The number of hydrogen-bond acceptors (Lipinski definition) is 5. The van der Waals surface area contributed by atoms with Crippen LogP contribution in [0.15, 0.2) is 28.8 Å². The summed E-state index contributed by atoms with van der Waals surface area (Å²) in [7, 11) is -3.87. The Hall–Kier alpha value is -2.06. The van der Waals surface area contributed by atoms with E-state index in [9.17, 15) is 13.2 Å². The predicted molar refractivity (Wildman–Crippen MR) is 75.9 cm³/mol. The molecule has 0 aliphatic heterocycles. The van der Waals surface area contributed by atoms with Crippen molar-refractivity contribution >= 4 is 33.3 Å². The second kappa shape index (κ2) is 5.74. The number of para-hydroxylation sites is 1. The fourth-order valence-corrected chi connectivity index (χ4v) is 3.08. The first-order valence-electron chi connectivity index (χ1n) is 5.73. The standard InChI is InChI=1S/C12H11ClN2O5S/c1-7-5-8(14-20-7)6-21(18,19)15-11-9(12(16)17)3-2-4-10(11)13/h2-5,15H,6H2,1H3,(H,16,17). The number of benzene rings is 1. The Morgan fingerprint density at radius 3 is 2.76 bits per heavy atom. The minimum Gasteiger partial charge on any atom is -0.478 e. The largest absolute Gasteiger partial charge is 0.478 e. The molecule has 1 heterocycles. The highest BCUT2D eigenvalue weighted by atomic mass is 35.5. The number of carboxylic acids is 1. The number of sulfonamides is 1. The zero-order valence-corrected chi connectivity index (χ0v) is 12.4. The van der Waals surface area contributed by atoms with Crippen molar-refractivity contribution in [1.29, 1.82) is 0 Å². The molecule has 0 atom stereocenters. The third-order valence-corrected chi connectivity index (χ3v) is 4.02. The Morgan fingerprint density at radius 1 is 1.48 bits per heavy atom. The van der Waals surface area contributed by atoms with Crippen molar-refractivity contribution in [3.63, 3.8) is 0 Å². The highest BCUT2D eigenvalue weighted by Gasteiger charge is 2.20. The van der Waals surface area contributed by atoms with Gasteiger partial charge in [0.2, 0.25) is 10.0 Å². The van der Waals surface area contributed by atoms with Gasteiger partial charge in [0.15, 0.2) is 0 Å². The molecule has 0 aliphatic carbocycles. The van der Waals surface area contributed by atoms with E-state index in [1.54, 1.807) is 6.92 Å². The topological polar surface area (TPSA) is 110 Å². The number of carboxylic acid groups (broad SMARTS) is 1. The molecule has 112 valence electrons. The van der Waals surface area contributed by atoms with Crippen molar-refractivity contribution in [2.45, 2.75) is 12.7 Å². The fourth-order valence-electron chi connectivity index (χ4n) is 1.68. The van der Waals surface area contributed by atoms with Crippen LogP contribution in [0.4, 0.5) is 5.69 Å². The molecule has 0 saturated heterocycles. The zero-order valence-electron chi connectivity index (χ0n) is 10.8. The fraction of sp³-hybridized carbons (Fsp3) is 0.167. The second-order valence-corrected chi connectivity index (χ2v) is 6.39. The third kappa shape index (κ3) is 3.73. The van der Waals surface area contributed by atoms with Gasteiger partial charge in [-0.25, -0.2) is 13.2 Å². The van der Waals surface area contributed by atoms with Crippen LogP contribution in [0.1, 0.15) is 21.8 Å². The third-order valence-electron chi connectivity index (χ3n) is 2.52. The molecule has 7 nitrogen and oxygen atoms in total. The Morgan fingerprint density at radius 2 is 2.19 bits per heavy atom. The molecular formula is C12H11ClN2O5S. The van der Waals surface area contributed by atoms with Gasteiger partial charge in [-0.2, -0.15) is 0 Å². The summed E-state index contributed by atoms with van der Waals surface area (Å²) in [5.41, 5.74) is -0.196. The maximum Gasteiger partial charge on any atom is 0.337 e. The molecule has 0 aliphatic rings. The summed E-state index contributed by atoms with van der Waals surface area (Å²) in [5, 5.41) is 12.6. The van der Waals surface area contributed by atoms with Crippen LogP contribution in [-0.2, 0) is 15.8 Å². The number of anilines is 1. The molecular weight excluding hydrogens is 320 g/mol. The van der Waals surface area contributed by atoms with Gasteiger partial charge in [0.25, 0.3) is 0 Å². The summed E-state index contributed by atoms with van der Waals surface area (Å²) < 4.78 is 31.1. The van der Waals surface area contributed by atoms with Gasteiger partial charge in [-0.3, -0.25) is 4.72 Å². The lowest BCUT2D eigenvalue weighted by molar-refractivity contribution is 0.0698. The van der Waals surface area contributed by atoms with Crippen LogP contribution in [0.25, 0.3) is 0 Å². The number of carbonyl (C=O) groups is 1. The number of halogens is 1. The number of rotatable bonds is 5. The van der Waals surface area contributed by atoms with Crippen LogP contribution in [0.2, 0.25) is 5.02 Å². The van der Waals surface area contributed by atoms with Gasteiger partial charge in [-0.1, -0.05) is 22.8 Å². The quantitative estimate of drug-likeness (QED) is 0.870. The lowest BCUT2D eigenvalue weighted by Crippen LogP contribution is -2.17. The average molecular weight is 331 g/mol. The molecule has 0 saturated carbocycles. The average Bonchev–Trinajstić information content (AvgIpc) is 2.75. The molecule has 0 bridgehead atoms. The Labute approximate surface area is 125 Å². The van der Waals surface area contributed by atoms with E-state index < -0.39 is 21.7 Å². The number of hydrogen-bond donors (Lipinski definition) is 2. The van der Waals surface area contributed by atoms with E-state index in [0.29, 0.717) is 5.76 Å². The van der Waals surface area contributed by atoms with Gasteiger partial charge in [0.1, 0.15) is 17.2 Å². The Balaban J connectivity index is 2.30. The van der Waals surface area contributed by atoms with Gasteiger partial charge < -0.3 is 9.63 Å². The van der Waals surface area contributed by atoms with E-state index in [4.69, 9.17) is 21.2 Å². The molecule has 2 N–H and O–H groups in total. The highest BCUT2D eigenvalue weighted by Crippen LogP contribution is 2.27. The zero-order chi connectivity index (χ0) is 15.6. The summed E-state index contributed by atoms with van der Waals surface area (Å²) in [6.07, 6.45) is 0. The van der Waals surface area contributed by atoms with Gasteiger partial charge in [0.05, 0.1) is 16.3 Å². The minimum atomic E-state index is -3.87. The Kier molecular flexibility index (Phi) is 4.19. The summed E-state index contributed by atoms with van der Waals surface area (Å²) in [6.45, 7) is 1.63. The number of aromatic carboxylic acids is 1. The van der Waals surface area contributed by atoms with Crippen molar-refractivity contribution in [2.75, 3.05) is 4.72 Å². The lowest BCUT2D eigenvalue weighted by atomic mass is 10.2. The van der Waals surface area contributed by atoms with E-state index >= 15 is 0 Å². The van der Waals surface area contributed by atoms with Crippen LogP contribution in [0.5, 0.6) is 0 Å². The molecule has 0 amide bonds. The lowest BCUT2D eigenvalue weighted by Gasteiger charge is -2.11. The highest BCUT2D eigenvalue weighted by molar-refractivity contribution is 7.91. The summed E-state index contributed by atoms with van der Waals surface area (Å²) in [5.74, 6) is -1.26. The molecule has 1 aromatic heterocycles. The maximum atomic E-state index is 12.1. The van der Waals surface area contributed by atoms with E-state index in [0.717, 1.165) is 0 Å². The molecule has 9 heteroatoms.